The molecule has 146 valence electrons. The van der Waals surface area contributed by atoms with Crippen LogP contribution in [0, 0.1) is 0 Å². The number of nitrogens with zero attached hydrogens (tertiary/aromatic N) is 1. The number of ether oxygens (including phenoxy) is 2. The fourth-order valence-corrected chi connectivity index (χ4v) is 4.04. The molecule has 0 aliphatic carbocycles. The summed E-state index contributed by atoms with van der Waals surface area (Å²) in [4.78, 5) is 24.5. The second-order valence-electron chi connectivity index (χ2n) is 6.06. The topological polar surface area (TPSA) is 57.5 Å². The lowest BCUT2D eigenvalue weighted by Gasteiger charge is -2.14. The molecule has 2 rings (SSSR count). The number of hydrogen-bond donors (Lipinski definition) is 0. The molecule has 1 heterocycles. The summed E-state index contributed by atoms with van der Waals surface area (Å²) in [5.41, 5.74) is 0.940. The molecular weight excluding hydrogens is 362 g/mol. The Bertz CT molecular complexity index is 838. The first-order chi connectivity index (χ1) is 13.1. The minimum atomic E-state index is -0.578. The van der Waals surface area contributed by atoms with E-state index in [1.807, 2.05) is 18.2 Å². The summed E-state index contributed by atoms with van der Waals surface area (Å²) in [5.74, 6) is -0.214. The van der Waals surface area contributed by atoms with Gasteiger partial charge in [0.2, 0.25) is 0 Å². The number of carbonyl (C=O) groups excluding carboxylic acids is 2. The fraction of sp³-hybridized carbons (Fsp3) is 0.429. The van der Waals surface area contributed by atoms with Crippen LogP contribution in [-0.2, 0) is 25.6 Å². The molecule has 0 unspecified atom stereocenters. The molecule has 2 aromatic rings. The van der Waals surface area contributed by atoms with E-state index in [9.17, 15) is 9.59 Å². The monoisotopic (exact) mass is 389 g/mol. The fourth-order valence-electron chi connectivity index (χ4n) is 3.10. The zero-order valence-corrected chi connectivity index (χ0v) is 17.2. The van der Waals surface area contributed by atoms with Crippen molar-refractivity contribution in [3.8, 4) is 0 Å². The Hall–Kier alpha value is -2.21. The second-order valence-corrected chi connectivity index (χ2v) is 7.32. The summed E-state index contributed by atoms with van der Waals surface area (Å²) >= 11 is 1.74. The normalized spacial score (nSPS) is 11.6. The number of methoxy groups -OCH3 is 2. The first-order valence-corrected chi connectivity index (χ1v) is 10.2. The van der Waals surface area contributed by atoms with E-state index in [4.69, 9.17) is 9.47 Å². The maximum Gasteiger partial charge on any atom is 0.340 e. The van der Waals surface area contributed by atoms with Gasteiger partial charge in [-0.25, -0.2) is 9.59 Å². The van der Waals surface area contributed by atoms with Crippen LogP contribution in [0.5, 0.6) is 0 Å². The summed E-state index contributed by atoms with van der Waals surface area (Å²) in [5, 5.41) is 3.12. The number of esters is 2. The molecule has 0 saturated carbocycles. The Morgan fingerprint density at radius 3 is 2.37 bits per heavy atom. The van der Waals surface area contributed by atoms with Crippen LogP contribution in [0.25, 0.3) is 16.3 Å². The molecule has 1 aromatic carbocycles. The van der Waals surface area contributed by atoms with Crippen molar-refractivity contribution in [2.24, 2.45) is 0 Å². The third-order valence-electron chi connectivity index (χ3n) is 4.32. The van der Waals surface area contributed by atoms with Gasteiger partial charge < -0.3 is 14.0 Å². The number of unbranched alkanes of at least 4 members (excludes halogenated alkanes) is 2. The van der Waals surface area contributed by atoms with Gasteiger partial charge >= 0.3 is 11.9 Å². The van der Waals surface area contributed by atoms with E-state index in [0.29, 0.717) is 0 Å². The van der Waals surface area contributed by atoms with E-state index in [1.54, 1.807) is 11.8 Å². The highest BCUT2D eigenvalue weighted by Crippen LogP contribution is 2.37. The van der Waals surface area contributed by atoms with E-state index in [2.05, 4.69) is 24.5 Å². The molecule has 0 bridgehead atoms. The van der Waals surface area contributed by atoms with Crippen molar-refractivity contribution in [1.82, 2.24) is 4.57 Å². The Kier molecular flexibility index (Phi) is 7.98. The summed E-state index contributed by atoms with van der Waals surface area (Å²) in [7, 11) is 2.62. The zero-order valence-electron chi connectivity index (χ0n) is 16.4. The average molecular weight is 390 g/mol. The molecule has 0 aliphatic rings. The van der Waals surface area contributed by atoms with Crippen molar-refractivity contribution in [2.75, 3.05) is 20.0 Å². The number of rotatable bonds is 9. The lowest BCUT2D eigenvalue weighted by Crippen LogP contribution is -2.13. The molecule has 0 radical (unpaired) electrons. The van der Waals surface area contributed by atoms with Gasteiger partial charge in [-0.2, -0.15) is 0 Å². The summed E-state index contributed by atoms with van der Waals surface area (Å²) in [6.45, 7) is 5.04. The van der Waals surface area contributed by atoms with Crippen LogP contribution in [-0.4, -0.2) is 36.5 Å². The van der Waals surface area contributed by atoms with Crippen LogP contribution >= 0.6 is 11.8 Å². The molecule has 27 heavy (non-hydrogen) atoms. The number of fused-ring (bicyclic) bond motifs is 1. The highest BCUT2D eigenvalue weighted by Gasteiger charge is 2.25. The minimum absolute atomic E-state index is 0.222. The zero-order chi connectivity index (χ0) is 19.8. The van der Waals surface area contributed by atoms with Crippen LogP contribution in [0.15, 0.2) is 35.4 Å². The van der Waals surface area contributed by atoms with Crippen molar-refractivity contribution >= 4 is 40.0 Å². The summed E-state index contributed by atoms with van der Waals surface area (Å²) in [6, 6.07) is 7.97. The Morgan fingerprint density at radius 2 is 1.78 bits per heavy atom. The standard InChI is InChI=1S/C21H27NO4S/c1-5-7-10-13-22-19(17(21(24)26-4)14-18(23)25-3)15-11-8-9-12-16(15)20(22)27-6-2/h8-9,11-12,14H,5-7,10,13H2,1-4H3/b17-14-. The predicted molar refractivity (Wildman–Crippen MR) is 110 cm³/mol. The molecular formula is C21H27NO4S. The highest BCUT2D eigenvalue weighted by atomic mass is 32.2. The largest absolute Gasteiger partial charge is 0.466 e. The molecule has 6 heteroatoms. The molecule has 0 aliphatic heterocycles. The third kappa shape index (κ3) is 4.75. The summed E-state index contributed by atoms with van der Waals surface area (Å²) < 4.78 is 11.9. The van der Waals surface area contributed by atoms with Crippen LogP contribution in [0.2, 0.25) is 0 Å². The lowest BCUT2D eigenvalue weighted by molar-refractivity contribution is -0.136. The molecule has 0 fully saturated rings. The number of carbonyl (C=O) groups is 2. The predicted octanol–water partition coefficient (Wildman–Crippen LogP) is 4.67. The Labute approximate surface area is 164 Å². The number of benzene rings is 1. The van der Waals surface area contributed by atoms with Crippen LogP contribution < -0.4 is 0 Å². The first-order valence-electron chi connectivity index (χ1n) is 9.21. The quantitative estimate of drug-likeness (QED) is 0.270. The van der Waals surface area contributed by atoms with Crippen molar-refractivity contribution in [3.63, 3.8) is 0 Å². The average Bonchev–Trinajstić information content (AvgIpc) is 2.99. The van der Waals surface area contributed by atoms with E-state index in [-0.39, 0.29) is 5.57 Å². The Morgan fingerprint density at radius 1 is 1.07 bits per heavy atom. The van der Waals surface area contributed by atoms with Gasteiger partial charge in [0.05, 0.1) is 30.5 Å². The molecule has 0 amide bonds. The van der Waals surface area contributed by atoms with Gasteiger partial charge in [-0.3, -0.25) is 0 Å². The van der Waals surface area contributed by atoms with Crippen LogP contribution in [0.4, 0.5) is 0 Å². The van der Waals surface area contributed by atoms with Crippen LogP contribution in [0.1, 0.15) is 38.8 Å². The third-order valence-corrected chi connectivity index (χ3v) is 5.32. The summed E-state index contributed by atoms with van der Waals surface area (Å²) in [6.07, 6.45) is 4.42. The van der Waals surface area contributed by atoms with Crippen molar-refractivity contribution in [1.29, 1.82) is 0 Å². The van der Waals surface area contributed by atoms with Crippen molar-refractivity contribution in [2.45, 2.75) is 44.7 Å². The van der Waals surface area contributed by atoms with E-state index in [0.717, 1.165) is 53.1 Å². The lowest BCUT2D eigenvalue weighted by atomic mass is 10.1. The number of aromatic nitrogens is 1. The molecule has 0 saturated heterocycles. The molecule has 1 aromatic heterocycles. The smallest absolute Gasteiger partial charge is 0.340 e. The second kappa shape index (κ2) is 10.2. The van der Waals surface area contributed by atoms with Gasteiger partial charge in [-0.15, -0.1) is 11.8 Å². The molecule has 0 atom stereocenters. The minimum Gasteiger partial charge on any atom is -0.466 e. The number of thioether (sulfide) groups is 1. The van der Waals surface area contributed by atoms with Gasteiger partial charge in [0, 0.05) is 23.4 Å². The highest BCUT2D eigenvalue weighted by molar-refractivity contribution is 7.99. The van der Waals surface area contributed by atoms with Crippen LogP contribution in [0.3, 0.4) is 0 Å². The van der Waals surface area contributed by atoms with E-state index >= 15 is 0 Å². The first kappa shape index (κ1) is 21.1. The van der Waals surface area contributed by atoms with Crippen molar-refractivity contribution < 1.29 is 19.1 Å². The van der Waals surface area contributed by atoms with Gasteiger partial charge in [-0.05, 0) is 12.2 Å². The van der Waals surface area contributed by atoms with E-state index < -0.39 is 11.9 Å². The number of hydrogen-bond acceptors (Lipinski definition) is 5. The van der Waals surface area contributed by atoms with Gasteiger partial charge in [0.15, 0.2) is 0 Å². The molecule has 5 nitrogen and oxygen atoms in total. The molecule has 0 spiro atoms. The van der Waals surface area contributed by atoms with Gasteiger partial charge in [0.25, 0.3) is 0 Å². The van der Waals surface area contributed by atoms with E-state index in [1.165, 1.54) is 20.3 Å². The maximum absolute atomic E-state index is 12.5. The molecule has 0 N–H and O–H groups in total. The Balaban J connectivity index is 2.77. The van der Waals surface area contributed by atoms with Crippen molar-refractivity contribution in [3.05, 3.63) is 36.0 Å². The van der Waals surface area contributed by atoms with Gasteiger partial charge in [-0.1, -0.05) is 51.0 Å². The maximum atomic E-state index is 12.5. The van der Waals surface area contributed by atoms with Gasteiger partial charge in [0.1, 0.15) is 0 Å². The SMILES string of the molecule is CCCCCn1c(SCC)c2ccccc2c1/C(=C/C(=O)OC)C(=O)OC.